The average molecular weight is 297 g/mol. The Morgan fingerprint density at radius 2 is 1.94 bits per heavy atom. The standard InChI is InChI=1S/C11H10BrFN4/c12-8-5-4-7(6-9(8)13)15-10-2-1-3-11(16-10)17-14/h1-6H,14H2,(H2,15,16,17). The highest BCUT2D eigenvalue weighted by atomic mass is 79.9. The van der Waals surface area contributed by atoms with E-state index >= 15 is 0 Å². The first-order valence-corrected chi connectivity index (χ1v) is 5.64. The number of pyridine rings is 1. The van der Waals surface area contributed by atoms with Gasteiger partial charge in [-0.25, -0.2) is 15.2 Å². The Bertz CT molecular complexity index is 533. The monoisotopic (exact) mass is 296 g/mol. The molecule has 4 nitrogen and oxygen atoms in total. The normalized spacial score (nSPS) is 10.1. The molecule has 0 spiro atoms. The van der Waals surface area contributed by atoms with Gasteiger partial charge in [-0.2, -0.15) is 0 Å². The van der Waals surface area contributed by atoms with Gasteiger partial charge >= 0.3 is 0 Å². The Morgan fingerprint density at radius 3 is 2.65 bits per heavy atom. The molecule has 0 aliphatic heterocycles. The zero-order valence-corrected chi connectivity index (χ0v) is 10.3. The summed E-state index contributed by atoms with van der Waals surface area (Å²) < 4.78 is 13.7. The highest BCUT2D eigenvalue weighted by Crippen LogP contribution is 2.22. The lowest BCUT2D eigenvalue weighted by Gasteiger charge is -2.07. The maximum absolute atomic E-state index is 13.3. The van der Waals surface area contributed by atoms with Crippen LogP contribution in [-0.4, -0.2) is 4.98 Å². The van der Waals surface area contributed by atoms with E-state index in [0.717, 1.165) is 0 Å². The zero-order valence-electron chi connectivity index (χ0n) is 8.74. The van der Waals surface area contributed by atoms with Crippen LogP contribution in [0.2, 0.25) is 0 Å². The lowest BCUT2D eigenvalue weighted by molar-refractivity contribution is 0.622. The van der Waals surface area contributed by atoms with Crippen LogP contribution in [0.15, 0.2) is 40.9 Å². The van der Waals surface area contributed by atoms with Crippen LogP contribution in [0.25, 0.3) is 0 Å². The molecular weight excluding hydrogens is 287 g/mol. The van der Waals surface area contributed by atoms with Crippen molar-refractivity contribution in [2.75, 3.05) is 10.7 Å². The first kappa shape index (κ1) is 11.8. The van der Waals surface area contributed by atoms with E-state index in [-0.39, 0.29) is 5.82 Å². The van der Waals surface area contributed by atoms with Crippen molar-refractivity contribution in [1.29, 1.82) is 0 Å². The van der Waals surface area contributed by atoms with E-state index in [1.54, 1.807) is 30.3 Å². The minimum absolute atomic E-state index is 0.330. The van der Waals surface area contributed by atoms with Gasteiger partial charge in [0.1, 0.15) is 17.5 Å². The number of rotatable bonds is 3. The molecule has 0 aliphatic rings. The fraction of sp³-hybridized carbons (Fsp3) is 0. The number of halogens is 2. The Balaban J connectivity index is 2.22. The molecule has 2 aromatic rings. The van der Waals surface area contributed by atoms with E-state index in [1.807, 2.05) is 0 Å². The quantitative estimate of drug-likeness (QED) is 0.602. The Morgan fingerprint density at radius 1 is 1.18 bits per heavy atom. The first-order chi connectivity index (χ1) is 8.19. The first-order valence-electron chi connectivity index (χ1n) is 4.85. The van der Waals surface area contributed by atoms with Gasteiger partial charge < -0.3 is 10.7 Å². The molecule has 0 saturated heterocycles. The van der Waals surface area contributed by atoms with E-state index in [2.05, 4.69) is 31.7 Å². The molecular formula is C11H10BrFN4. The molecule has 2 rings (SSSR count). The average Bonchev–Trinajstić information content (AvgIpc) is 2.34. The summed E-state index contributed by atoms with van der Waals surface area (Å²) in [5, 5.41) is 2.98. The molecule has 6 heteroatoms. The van der Waals surface area contributed by atoms with Gasteiger partial charge in [-0.15, -0.1) is 0 Å². The molecule has 0 aliphatic carbocycles. The van der Waals surface area contributed by atoms with Gasteiger partial charge in [0.2, 0.25) is 0 Å². The van der Waals surface area contributed by atoms with E-state index in [4.69, 9.17) is 5.84 Å². The van der Waals surface area contributed by atoms with Gasteiger partial charge in [-0.3, -0.25) is 0 Å². The molecule has 88 valence electrons. The van der Waals surface area contributed by atoms with Crippen molar-refractivity contribution in [2.45, 2.75) is 0 Å². The Labute approximate surface area is 106 Å². The molecule has 0 fully saturated rings. The largest absolute Gasteiger partial charge is 0.340 e. The molecule has 0 bridgehead atoms. The minimum Gasteiger partial charge on any atom is -0.340 e. The molecule has 0 amide bonds. The van der Waals surface area contributed by atoms with Crippen LogP contribution >= 0.6 is 15.9 Å². The molecule has 0 unspecified atom stereocenters. The molecule has 1 aromatic heterocycles. The van der Waals surface area contributed by atoms with Crippen molar-refractivity contribution in [1.82, 2.24) is 4.98 Å². The van der Waals surface area contributed by atoms with Crippen molar-refractivity contribution < 1.29 is 4.39 Å². The minimum atomic E-state index is -0.330. The van der Waals surface area contributed by atoms with Crippen LogP contribution in [0.3, 0.4) is 0 Å². The van der Waals surface area contributed by atoms with Crippen molar-refractivity contribution in [3.05, 3.63) is 46.7 Å². The summed E-state index contributed by atoms with van der Waals surface area (Å²) >= 11 is 3.09. The molecule has 4 N–H and O–H groups in total. The number of anilines is 3. The second-order valence-corrected chi connectivity index (χ2v) is 4.16. The number of benzene rings is 1. The van der Waals surface area contributed by atoms with E-state index in [1.165, 1.54) is 6.07 Å². The maximum atomic E-state index is 13.3. The second kappa shape index (κ2) is 5.11. The number of nitrogens with zero attached hydrogens (tertiary/aromatic N) is 1. The predicted molar refractivity (Wildman–Crippen MR) is 69.4 cm³/mol. The smallest absolute Gasteiger partial charge is 0.142 e. The number of hydrogen-bond donors (Lipinski definition) is 3. The lowest BCUT2D eigenvalue weighted by Crippen LogP contribution is -2.08. The van der Waals surface area contributed by atoms with Crippen LogP contribution in [0.1, 0.15) is 0 Å². The van der Waals surface area contributed by atoms with Crippen LogP contribution in [0.4, 0.5) is 21.7 Å². The Hall–Kier alpha value is -1.66. The molecule has 0 atom stereocenters. The summed E-state index contributed by atoms with van der Waals surface area (Å²) in [5.41, 5.74) is 3.06. The van der Waals surface area contributed by atoms with Crippen molar-refractivity contribution >= 4 is 33.3 Å². The molecule has 1 aromatic carbocycles. The van der Waals surface area contributed by atoms with Crippen LogP contribution in [-0.2, 0) is 0 Å². The van der Waals surface area contributed by atoms with Crippen molar-refractivity contribution in [3.8, 4) is 0 Å². The van der Waals surface area contributed by atoms with Gasteiger partial charge in [0, 0.05) is 5.69 Å². The predicted octanol–water partition coefficient (Wildman–Crippen LogP) is 3.01. The Kier molecular flexibility index (Phi) is 3.55. The van der Waals surface area contributed by atoms with Crippen molar-refractivity contribution in [2.24, 2.45) is 5.84 Å². The SMILES string of the molecule is NNc1cccc(Nc2ccc(Br)c(F)c2)n1. The van der Waals surface area contributed by atoms with Crippen LogP contribution in [0, 0.1) is 5.82 Å². The number of nitrogens with two attached hydrogens (primary N) is 1. The van der Waals surface area contributed by atoms with E-state index in [9.17, 15) is 4.39 Å². The third kappa shape index (κ3) is 2.92. The van der Waals surface area contributed by atoms with Gasteiger partial charge in [-0.1, -0.05) is 6.07 Å². The highest BCUT2D eigenvalue weighted by Gasteiger charge is 2.02. The topological polar surface area (TPSA) is 63.0 Å². The summed E-state index contributed by atoms with van der Waals surface area (Å²) in [6, 6.07) is 10.0. The zero-order chi connectivity index (χ0) is 12.3. The third-order valence-corrected chi connectivity index (χ3v) is 2.73. The van der Waals surface area contributed by atoms with Crippen LogP contribution < -0.4 is 16.6 Å². The van der Waals surface area contributed by atoms with E-state index < -0.39 is 0 Å². The van der Waals surface area contributed by atoms with Crippen molar-refractivity contribution in [3.63, 3.8) is 0 Å². The molecule has 1 heterocycles. The number of nitrogen functional groups attached to an aromatic ring is 1. The van der Waals surface area contributed by atoms with Gasteiger partial charge in [0.15, 0.2) is 0 Å². The fourth-order valence-electron chi connectivity index (χ4n) is 1.31. The van der Waals surface area contributed by atoms with Gasteiger partial charge in [0.05, 0.1) is 4.47 Å². The summed E-state index contributed by atoms with van der Waals surface area (Å²) in [6.07, 6.45) is 0. The van der Waals surface area contributed by atoms with Gasteiger partial charge in [-0.05, 0) is 46.3 Å². The summed E-state index contributed by atoms with van der Waals surface area (Å²) in [6.45, 7) is 0. The number of hydrogen-bond acceptors (Lipinski definition) is 4. The second-order valence-electron chi connectivity index (χ2n) is 3.31. The number of aromatic nitrogens is 1. The van der Waals surface area contributed by atoms with Gasteiger partial charge in [0.25, 0.3) is 0 Å². The van der Waals surface area contributed by atoms with E-state index in [0.29, 0.717) is 21.8 Å². The third-order valence-electron chi connectivity index (χ3n) is 2.09. The molecule has 0 saturated carbocycles. The number of nitrogens with one attached hydrogen (secondary N) is 2. The van der Waals surface area contributed by atoms with Crippen LogP contribution in [0.5, 0.6) is 0 Å². The fourth-order valence-corrected chi connectivity index (χ4v) is 1.55. The maximum Gasteiger partial charge on any atom is 0.142 e. The summed E-state index contributed by atoms with van der Waals surface area (Å²) in [5.74, 6) is 6.04. The number of hydrazine groups is 1. The summed E-state index contributed by atoms with van der Waals surface area (Å²) in [4.78, 5) is 4.16. The molecule has 17 heavy (non-hydrogen) atoms. The lowest BCUT2D eigenvalue weighted by atomic mass is 10.3. The summed E-state index contributed by atoms with van der Waals surface area (Å²) in [7, 11) is 0. The highest BCUT2D eigenvalue weighted by molar-refractivity contribution is 9.10. The molecule has 0 radical (unpaired) electrons.